The molecule has 1 aliphatic rings. The van der Waals surface area contributed by atoms with Crippen molar-refractivity contribution >= 4 is 30.1 Å². The summed E-state index contributed by atoms with van der Waals surface area (Å²) in [7, 11) is 1.21. The van der Waals surface area contributed by atoms with E-state index in [1.807, 2.05) is 0 Å². The second kappa shape index (κ2) is 16.0. The van der Waals surface area contributed by atoms with Crippen LogP contribution in [0, 0.1) is 0 Å². The fourth-order valence-corrected chi connectivity index (χ4v) is 3.40. The molecule has 14 heteroatoms. The Hall–Kier alpha value is -4.14. The van der Waals surface area contributed by atoms with Crippen LogP contribution in [0.3, 0.4) is 0 Å². The molecule has 1 heterocycles. The van der Waals surface area contributed by atoms with E-state index in [1.54, 1.807) is 19.1 Å². The van der Waals surface area contributed by atoms with Crippen LogP contribution in [-0.4, -0.2) is 93.7 Å². The Labute approximate surface area is 224 Å². The molecule has 2 N–H and O–H groups in total. The number of ether oxygens (including phenoxy) is 8. The van der Waals surface area contributed by atoms with E-state index < -0.39 is 61.7 Å². The number of aliphatic hydroxyl groups is 1. The second-order valence-corrected chi connectivity index (χ2v) is 7.59. The summed E-state index contributed by atoms with van der Waals surface area (Å²) in [5, 5.41) is 12.3. The molecule has 1 saturated heterocycles. The average Bonchev–Trinajstić information content (AvgIpc) is 2.92. The number of hydrogen-bond acceptors (Lipinski definition) is 13. The zero-order valence-electron chi connectivity index (χ0n) is 21.4. The van der Waals surface area contributed by atoms with E-state index >= 15 is 0 Å². The molecule has 14 nitrogen and oxygen atoms in total. The molecule has 1 aliphatic heterocycles. The van der Waals surface area contributed by atoms with Gasteiger partial charge in [0, 0.05) is 7.11 Å². The van der Waals surface area contributed by atoms with Crippen LogP contribution >= 0.6 is 0 Å². The maximum atomic E-state index is 12.9. The highest BCUT2D eigenvalue weighted by Gasteiger charge is 2.53. The lowest BCUT2D eigenvalue weighted by molar-refractivity contribution is -0.295. The van der Waals surface area contributed by atoms with E-state index in [9.17, 15) is 24.3 Å². The van der Waals surface area contributed by atoms with Gasteiger partial charge in [0.1, 0.15) is 19.3 Å². The molecular weight excluding hydrogens is 522 g/mol. The smallest absolute Gasteiger partial charge is 0.462 e. The third-order valence-electron chi connectivity index (χ3n) is 5.01. The van der Waals surface area contributed by atoms with E-state index in [0.717, 1.165) is 0 Å². The number of rotatable bonds is 12. The molecule has 1 aromatic carbocycles. The Morgan fingerprint density at radius 3 is 2.13 bits per heavy atom. The summed E-state index contributed by atoms with van der Waals surface area (Å²) in [6, 6.07) is 5.98. The topological polar surface area (TPSA) is 174 Å². The van der Waals surface area contributed by atoms with Crippen LogP contribution in [0.5, 0.6) is 0 Å². The van der Waals surface area contributed by atoms with Crippen molar-refractivity contribution in [1.82, 2.24) is 0 Å². The highest BCUT2D eigenvalue weighted by Crippen LogP contribution is 2.30. The number of nitrogens with one attached hydrogen (secondary N) is 1. The van der Waals surface area contributed by atoms with Crippen LogP contribution < -0.4 is 5.32 Å². The van der Waals surface area contributed by atoms with Crippen LogP contribution in [0.1, 0.15) is 17.3 Å². The quantitative estimate of drug-likeness (QED) is 0.220. The normalized spacial score (nSPS) is 22.0. The third kappa shape index (κ3) is 8.98. The van der Waals surface area contributed by atoms with Gasteiger partial charge in [-0.25, -0.2) is 19.2 Å². The van der Waals surface area contributed by atoms with Crippen LogP contribution in [-0.2, 0) is 37.9 Å². The highest BCUT2D eigenvalue weighted by molar-refractivity contribution is 5.99. The molecule has 0 aromatic heterocycles. The molecular formula is C25H31NO13. The van der Waals surface area contributed by atoms with Gasteiger partial charge in [0.05, 0.1) is 24.5 Å². The van der Waals surface area contributed by atoms with Gasteiger partial charge < -0.3 is 43.0 Å². The van der Waals surface area contributed by atoms with Gasteiger partial charge >= 0.3 is 24.4 Å². The number of esters is 1. The summed E-state index contributed by atoms with van der Waals surface area (Å²) in [4.78, 5) is 49.7. The minimum absolute atomic E-state index is 0.0429. The van der Waals surface area contributed by atoms with Crippen LogP contribution in [0.25, 0.3) is 0 Å². The number of aliphatic hydroxyl groups excluding tert-OH is 1. The van der Waals surface area contributed by atoms with Crippen molar-refractivity contribution in [1.29, 1.82) is 0 Å². The monoisotopic (exact) mass is 553 g/mol. The predicted molar refractivity (Wildman–Crippen MR) is 132 cm³/mol. The van der Waals surface area contributed by atoms with Crippen LogP contribution in [0.4, 0.5) is 20.1 Å². The first-order chi connectivity index (χ1) is 18.8. The Morgan fingerprint density at radius 1 is 0.949 bits per heavy atom. The molecule has 0 radical (unpaired) electrons. The van der Waals surface area contributed by atoms with Gasteiger partial charge in [-0.15, -0.1) is 0 Å². The number of benzene rings is 1. The van der Waals surface area contributed by atoms with Crippen molar-refractivity contribution in [2.45, 2.75) is 37.6 Å². The van der Waals surface area contributed by atoms with Crippen molar-refractivity contribution in [3.63, 3.8) is 0 Å². The SMILES string of the molecule is C=CCOC(=O)O[C@@H]1[C@@H](OC(=O)OCC=C)[C@@H](OC)O[C@H](CO)[C@H]1OC(=O)Nc1ccccc1C(=O)OCC. The summed E-state index contributed by atoms with van der Waals surface area (Å²) >= 11 is 0. The Morgan fingerprint density at radius 2 is 1.56 bits per heavy atom. The second-order valence-electron chi connectivity index (χ2n) is 7.59. The molecule has 0 aliphatic carbocycles. The lowest BCUT2D eigenvalue weighted by Crippen LogP contribution is -2.63. The van der Waals surface area contributed by atoms with Gasteiger partial charge in [-0.1, -0.05) is 37.4 Å². The van der Waals surface area contributed by atoms with E-state index in [0.29, 0.717) is 0 Å². The molecule has 39 heavy (non-hydrogen) atoms. The van der Waals surface area contributed by atoms with E-state index in [4.69, 9.17) is 37.9 Å². The predicted octanol–water partition coefficient (Wildman–Crippen LogP) is 2.56. The molecule has 2 rings (SSSR count). The summed E-state index contributed by atoms with van der Waals surface area (Å²) in [5.74, 6) is -0.691. The van der Waals surface area contributed by atoms with Crippen LogP contribution in [0.15, 0.2) is 49.6 Å². The number of carbonyl (C=O) groups excluding carboxylic acids is 4. The third-order valence-corrected chi connectivity index (χ3v) is 5.01. The number of hydrogen-bond donors (Lipinski definition) is 2. The summed E-state index contributed by atoms with van der Waals surface area (Å²) < 4.78 is 41.5. The largest absolute Gasteiger partial charge is 0.509 e. The zero-order chi connectivity index (χ0) is 28.8. The number of methoxy groups -OCH3 is 1. The van der Waals surface area contributed by atoms with Gasteiger partial charge in [-0.2, -0.15) is 0 Å². The molecule has 1 amide bonds. The van der Waals surface area contributed by atoms with Crippen molar-refractivity contribution in [2.75, 3.05) is 38.9 Å². The molecule has 1 aromatic rings. The molecule has 0 bridgehead atoms. The first kappa shape index (κ1) is 31.1. The van der Waals surface area contributed by atoms with Gasteiger partial charge in [-0.05, 0) is 19.1 Å². The fraction of sp³-hybridized carbons (Fsp3) is 0.440. The number of carbonyl (C=O) groups is 4. The molecule has 0 unspecified atom stereocenters. The number of anilines is 1. The van der Waals surface area contributed by atoms with E-state index in [1.165, 1.54) is 31.4 Å². The van der Waals surface area contributed by atoms with Gasteiger partial charge in [-0.3, -0.25) is 5.32 Å². The lowest BCUT2D eigenvalue weighted by Gasteiger charge is -2.43. The van der Waals surface area contributed by atoms with Crippen molar-refractivity contribution in [3.05, 3.63) is 55.1 Å². The summed E-state index contributed by atoms with van der Waals surface area (Å²) in [6.07, 6.45) is -8.42. The first-order valence-electron chi connectivity index (χ1n) is 11.7. The summed E-state index contributed by atoms with van der Waals surface area (Å²) in [5.41, 5.74) is 0.0954. The van der Waals surface area contributed by atoms with Crippen molar-refractivity contribution in [3.8, 4) is 0 Å². The van der Waals surface area contributed by atoms with Gasteiger partial charge in [0.15, 0.2) is 24.6 Å². The lowest BCUT2D eigenvalue weighted by atomic mass is 9.98. The number of para-hydroxylation sites is 1. The molecule has 5 atom stereocenters. The van der Waals surface area contributed by atoms with Crippen molar-refractivity contribution < 1.29 is 62.2 Å². The number of amides is 1. The van der Waals surface area contributed by atoms with Crippen molar-refractivity contribution in [2.24, 2.45) is 0 Å². The molecule has 0 saturated carbocycles. The minimum atomic E-state index is -1.61. The Kier molecular flexibility index (Phi) is 12.7. The molecule has 0 spiro atoms. The van der Waals surface area contributed by atoms with Gasteiger partial charge in [0.2, 0.25) is 0 Å². The van der Waals surface area contributed by atoms with E-state index in [2.05, 4.69) is 18.5 Å². The average molecular weight is 554 g/mol. The fourth-order valence-electron chi connectivity index (χ4n) is 3.40. The van der Waals surface area contributed by atoms with E-state index in [-0.39, 0.29) is 31.1 Å². The highest BCUT2D eigenvalue weighted by atomic mass is 16.8. The maximum Gasteiger partial charge on any atom is 0.509 e. The standard InChI is InChI=1S/C25H31NO13/c1-5-12-34-24(30)38-19-18(17(14-27)36-22(32-4)20(19)39-25(31)35-13-6-2)37-23(29)26-16-11-9-8-10-15(16)21(28)33-7-3/h5-6,8-11,17-20,22,27H,1-2,7,12-14H2,3-4H3,(H,26,29)/t17-,18-,19+,20-,22+/m1/s1. The Balaban J connectivity index is 2.36. The minimum Gasteiger partial charge on any atom is -0.462 e. The zero-order valence-corrected chi connectivity index (χ0v) is 21.4. The maximum absolute atomic E-state index is 12.9. The van der Waals surface area contributed by atoms with Crippen LogP contribution in [0.2, 0.25) is 0 Å². The molecule has 1 fully saturated rings. The first-order valence-corrected chi connectivity index (χ1v) is 11.7. The Bertz CT molecular complexity index is 1010. The molecule has 214 valence electrons. The summed E-state index contributed by atoms with van der Waals surface area (Å²) in [6.45, 7) is 7.44. The van der Waals surface area contributed by atoms with Gasteiger partial charge in [0.25, 0.3) is 0 Å².